The Morgan fingerprint density at radius 1 is 1.13 bits per heavy atom. The predicted molar refractivity (Wildman–Crippen MR) is 78.6 cm³/mol. The number of nitro groups is 1. The summed E-state index contributed by atoms with van der Waals surface area (Å²) in [6.45, 7) is 0. The first-order valence-corrected chi connectivity index (χ1v) is 6.45. The smallest absolute Gasteiger partial charge is 0.322 e. The lowest BCUT2D eigenvalue weighted by Gasteiger charge is -2.01. The van der Waals surface area contributed by atoms with Crippen molar-refractivity contribution in [1.82, 2.24) is 15.2 Å². The molecule has 3 aromatic rings. The van der Waals surface area contributed by atoms with Crippen molar-refractivity contribution in [3.63, 3.8) is 0 Å². The van der Waals surface area contributed by atoms with E-state index in [4.69, 9.17) is 4.42 Å². The van der Waals surface area contributed by atoms with E-state index in [1.807, 2.05) is 0 Å². The lowest BCUT2D eigenvalue weighted by Crippen LogP contribution is -2.14. The summed E-state index contributed by atoms with van der Waals surface area (Å²) >= 11 is 0. The molecule has 114 valence electrons. The SMILES string of the molecule is O=C(Nc1nnc(-c2ccccn2)o1)c1ccccc1[N+](=O)[O-]. The molecule has 2 heterocycles. The first-order valence-electron chi connectivity index (χ1n) is 6.45. The minimum Gasteiger partial charge on any atom is -0.401 e. The van der Waals surface area contributed by atoms with Gasteiger partial charge in [0.1, 0.15) is 11.3 Å². The molecule has 0 aliphatic carbocycles. The number of benzene rings is 1. The molecular weight excluding hydrogens is 302 g/mol. The van der Waals surface area contributed by atoms with Gasteiger partial charge in [0.05, 0.1) is 4.92 Å². The van der Waals surface area contributed by atoms with Crippen molar-refractivity contribution in [1.29, 1.82) is 0 Å². The van der Waals surface area contributed by atoms with Gasteiger partial charge in [0.25, 0.3) is 17.5 Å². The number of nitrogens with zero attached hydrogens (tertiary/aromatic N) is 4. The van der Waals surface area contributed by atoms with Gasteiger partial charge in [-0.25, -0.2) is 0 Å². The highest BCUT2D eigenvalue weighted by Crippen LogP contribution is 2.21. The van der Waals surface area contributed by atoms with Gasteiger partial charge in [-0.3, -0.25) is 25.2 Å². The third kappa shape index (κ3) is 3.02. The number of para-hydroxylation sites is 1. The summed E-state index contributed by atoms with van der Waals surface area (Å²) in [5, 5.41) is 20.7. The largest absolute Gasteiger partial charge is 0.401 e. The summed E-state index contributed by atoms with van der Waals surface area (Å²) in [4.78, 5) is 26.5. The van der Waals surface area contributed by atoms with Crippen LogP contribution in [-0.4, -0.2) is 26.0 Å². The van der Waals surface area contributed by atoms with E-state index in [-0.39, 0.29) is 23.2 Å². The number of hydrogen-bond donors (Lipinski definition) is 1. The van der Waals surface area contributed by atoms with E-state index in [1.54, 1.807) is 24.4 Å². The number of nitrogens with one attached hydrogen (secondary N) is 1. The second-order valence-electron chi connectivity index (χ2n) is 4.36. The molecular formula is C14H9N5O4. The van der Waals surface area contributed by atoms with Gasteiger partial charge < -0.3 is 4.42 Å². The first kappa shape index (κ1) is 14.3. The number of pyridine rings is 1. The van der Waals surface area contributed by atoms with Crippen LogP contribution in [0, 0.1) is 10.1 Å². The Morgan fingerprint density at radius 3 is 2.65 bits per heavy atom. The predicted octanol–water partition coefficient (Wildman–Crippen LogP) is 2.29. The molecule has 9 heteroatoms. The maximum absolute atomic E-state index is 12.1. The van der Waals surface area contributed by atoms with Crippen LogP contribution < -0.4 is 5.32 Å². The lowest BCUT2D eigenvalue weighted by atomic mass is 10.1. The Bertz CT molecular complexity index is 862. The van der Waals surface area contributed by atoms with Crippen molar-refractivity contribution >= 4 is 17.6 Å². The fourth-order valence-electron chi connectivity index (χ4n) is 1.86. The molecule has 2 aromatic heterocycles. The van der Waals surface area contributed by atoms with Gasteiger partial charge in [-0.05, 0) is 18.2 Å². The summed E-state index contributed by atoms with van der Waals surface area (Å²) in [5.41, 5.74) is 0.0377. The fraction of sp³-hybridized carbons (Fsp3) is 0. The Labute approximate surface area is 129 Å². The highest BCUT2D eigenvalue weighted by atomic mass is 16.6. The van der Waals surface area contributed by atoms with Crippen LogP contribution in [0.4, 0.5) is 11.7 Å². The fourth-order valence-corrected chi connectivity index (χ4v) is 1.86. The average Bonchev–Trinajstić information content (AvgIpc) is 3.04. The van der Waals surface area contributed by atoms with E-state index >= 15 is 0 Å². The normalized spacial score (nSPS) is 10.3. The highest BCUT2D eigenvalue weighted by Gasteiger charge is 2.21. The van der Waals surface area contributed by atoms with Crippen LogP contribution in [0.5, 0.6) is 0 Å². The number of rotatable bonds is 4. The zero-order chi connectivity index (χ0) is 16.2. The van der Waals surface area contributed by atoms with Crippen LogP contribution in [0.15, 0.2) is 53.1 Å². The molecule has 0 bridgehead atoms. The van der Waals surface area contributed by atoms with Gasteiger partial charge >= 0.3 is 6.01 Å². The van der Waals surface area contributed by atoms with E-state index < -0.39 is 10.8 Å². The van der Waals surface area contributed by atoms with Gasteiger partial charge in [0, 0.05) is 12.3 Å². The zero-order valence-electron chi connectivity index (χ0n) is 11.5. The average molecular weight is 311 g/mol. The molecule has 9 nitrogen and oxygen atoms in total. The minimum absolute atomic E-state index is 0.102. The summed E-state index contributed by atoms with van der Waals surface area (Å²) < 4.78 is 5.28. The van der Waals surface area contributed by atoms with E-state index in [0.717, 1.165) is 0 Å². The second kappa shape index (κ2) is 6.02. The molecule has 1 amide bonds. The molecule has 0 aliphatic heterocycles. The second-order valence-corrected chi connectivity index (χ2v) is 4.36. The molecule has 0 radical (unpaired) electrons. The molecule has 0 spiro atoms. The van der Waals surface area contributed by atoms with Crippen LogP contribution >= 0.6 is 0 Å². The van der Waals surface area contributed by atoms with Crippen molar-refractivity contribution in [2.24, 2.45) is 0 Å². The molecule has 1 N–H and O–H groups in total. The molecule has 0 atom stereocenters. The summed E-state index contributed by atoms with van der Waals surface area (Å²) in [7, 11) is 0. The van der Waals surface area contributed by atoms with E-state index in [9.17, 15) is 14.9 Å². The number of amides is 1. The van der Waals surface area contributed by atoms with Gasteiger partial charge in [-0.2, -0.15) is 0 Å². The van der Waals surface area contributed by atoms with Gasteiger partial charge in [-0.15, -0.1) is 5.10 Å². The number of aromatic nitrogens is 3. The molecule has 0 aliphatic rings. The quantitative estimate of drug-likeness (QED) is 0.579. The van der Waals surface area contributed by atoms with E-state index in [0.29, 0.717) is 5.69 Å². The lowest BCUT2D eigenvalue weighted by molar-refractivity contribution is -0.385. The third-order valence-corrected chi connectivity index (χ3v) is 2.87. The Hall–Kier alpha value is -3.62. The summed E-state index contributed by atoms with van der Waals surface area (Å²) in [6.07, 6.45) is 1.56. The molecule has 0 saturated carbocycles. The zero-order valence-corrected chi connectivity index (χ0v) is 11.5. The number of nitro benzene ring substituents is 1. The summed E-state index contributed by atoms with van der Waals surface area (Å²) in [6, 6.07) is 10.5. The van der Waals surface area contributed by atoms with Crippen LogP contribution in [-0.2, 0) is 0 Å². The third-order valence-electron chi connectivity index (χ3n) is 2.87. The van der Waals surface area contributed by atoms with Gasteiger partial charge in [0.2, 0.25) is 0 Å². The number of carbonyl (C=O) groups excluding carboxylic acids is 1. The van der Waals surface area contributed by atoms with Crippen LogP contribution in [0.2, 0.25) is 0 Å². The van der Waals surface area contributed by atoms with Crippen LogP contribution in [0.1, 0.15) is 10.4 Å². The van der Waals surface area contributed by atoms with Crippen LogP contribution in [0.3, 0.4) is 0 Å². The van der Waals surface area contributed by atoms with E-state index in [2.05, 4.69) is 20.5 Å². The van der Waals surface area contributed by atoms with Gasteiger partial charge in [-0.1, -0.05) is 23.3 Å². The number of carbonyl (C=O) groups is 1. The highest BCUT2D eigenvalue weighted by molar-refractivity contribution is 6.06. The standard InChI is InChI=1S/C14H9N5O4/c20-12(9-5-1-2-7-11(9)19(21)22)16-14-18-17-13(23-14)10-6-3-4-8-15-10/h1-8H,(H,16,18,20). The first-order chi connectivity index (χ1) is 11.1. The Kier molecular flexibility index (Phi) is 3.75. The monoisotopic (exact) mass is 311 g/mol. The topological polar surface area (TPSA) is 124 Å². The molecule has 0 fully saturated rings. The Morgan fingerprint density at radius 2 is 1.91 bits per heavy atom. The van der Waals surface area contributed by atoms with Crippen molar-refractivity contribution in [2.75, 3.05) is 5.32 Å². The minimum atomic E-state index is -0.714. The maximum atomic E-state index is 12.1. The van der Waals surface area contributed by atoms with Gasteiger partial charge in [0.15, 0.2) is 0 Å². The number of anilines is 1. The molecule has 3 rings (SSSR count). The number of hydrogen-bond acceptors (Lipinski definition) is 7. The Balaban J connectivity index is 1.82. The van der Waals surface area contributed by atoms with Crippen molar-refractivity contribution in [2.45, 2.75) is 0 Å². The molecule has 23 heavy (non-hydrogen) atoms. The maximum Gasteiger partial charge on any atom is 0.322 e. The van der Waals surface area contributed by atoms with Crippen molar-refractivity contribution in [3.8, 4) is 11.6 Å². The van der Waals surface area contributed by atoms with Crippen molar-refractivity contribution in [3.05, 3.63) is 64.3 Å². The molecule has 0 saturated heterocycles. The molecule has 1 aromatic carbocycles. The van der Waals surface area contributed by atoms with Crippen molar-refractivity contribution < 1.29 is 14.1 Å². The van der Waals surface area contributed by atoms with E-state index in [1.165, 1.54) is 24.3 Å². The summed E-state index contributed by atoms with van der Waals surface area (Å²) in [5.74, 6) is -0.586. The molecule has 0 unspecified atom stereocenters. The van der Waals surface area contributed by atoms with Crippen LogP contribution in [0.25, 0.3) is 11.6 Å².